The van der Waals surface area contributed by atoms with Crippen LogP contribution in [0.2, 0.25) is 0 Å². The standard InChI is InChI=1S/C26H33F2NO5/c1-6-33-23(30)17-26(32,20-9-13-22(28)14-10-20)15-16-29(24(31)34-25(3,4)5)18(2)19-7-11-21(27)12-8-19/h7-14,18,32H,6,15-17H2,1-5H3. The van der Waals surface area contributed by atoms with Crippen LogP contribution in [0.25, 0.3) is 0 Å². The lowest BCUT2D eigenvalue weighted by molar-refractivity contribution is -0.149. The summed E-state index contributed by atoms with van der Waals surface area (Å²) in [7, 11) is 0. The Labute approximate surface area is 199 Å². The molecule has 8 heteroatoms. The number of halogens is 2. The second-order valence-corrected chi connectivity index (χ2v) is 9.17. The molecule has 2 aromatic rings. The van der Waals surface area contributed by atoms with Gasteiger partial charge in [0.1, 0.15) is 22.8 Å². The summed E-state index contributed by atoms with van der Waals surface area (Å²) in [5.41, 5.74) is -1.50. The van der Waals surface area contributed by atoms with E-state index in [1.165, 1.54) is 41.3 Å². The zero-order valence-electron chi connectivity index (χ0n) is 20.3. The molecule has 0 fully saturated rings. The molecule has 34 heavy (non-hydrogen) atoms. The van der Waals surface area contributed by atoms with Crippen molar-refractivity contribution in [1.82, 2.24) is 4.90 Å². The molecule has 2 aromatic carbocycles. The summed E-state index contributed by atoms with van der Waals surface area (Å²) in [5, 5.41) is 11.5. The van der Waals surface area contributed by atoms with Gasteiger partial charge in [-0.15, -0.1) is 0 Å². The Balaban J connectivity index is 2.36. The van der Waals surface area contributed by atoms with Gasteiger partial charge in [0.05, 0.1) is 19.1 Å². The second-order valence-electron chi connectivity index (χ2n) is 9.17. The first-order valence-corrected chi connectivity index (χ1v) is 11.2. The minimum absolute atomic E-state index is 0.000732. The van der Waals surface area contributed by atoms with Crippen molar-refractivity contribution in [3.63, 3.8) is 0 Å². The van der Waals surface area contributed by atoms with Gasteiger partial charge in [-0.1, -0.05) is 24.3 Å². The molecule has 0 radical (unpaired) electrons. The van der Waals surface area contributed by atoms with Crippen molar-refractivity contribution >= 4 is 12.1 Å². The lowest BCUT2D eigenvalue weighted by Crippen LogP contribution is -2.42. The molecule has 0 aromatic heterocycles. The summed E-state index contributed by atoms with van der Waals surface area (Å²) in [4.78, 5) is 26.7. The second kappa shape index (κ2) is 11.4. The number of aliphatic hydroxyl groups is 1. The minimum atomic E-state index is -1.72. The lowest BCUT2D eigenvalue weighted by Gasteiger charge is -2.35. The average molecular weight is 478 g/mol. The van der Waals surface area contributed by atoms with Gasteiger partial charge in [-0.2, -0.15) is 0 Å². The maximum absolute atomic E-state index is 13.5. The van der Waals surface area contributed by atoms with Gasteiger partial charge in [0.2, 0.25) is 0 Å². The maximum atomic E-state index is 13.5. The summed E-state index contributed by atoms with van der Waals surface area (Å²) in [6, 6.07) is 10.4. The van der Waals surface area contributed by atoms with Gasteiger partial charge in [0, 0.05) is 6.54 Å². The first-order valence-electron chi connectivity index (χ1n) is 11.2. The molecule has 0 spiro atoms. The SMILES string of the molecule is CCOC(=O)CC(O)(CCN(C(=O)OC(C)(C)C)C(C)c1ccc(F)cc1)c1ccc(F)cc1. The van der Waals surface area contributed by atoms with Crippen LogP contribution in [-0.4, -0.2) is 40.8 Å². The van der Waals surface area contributed by atoms with E-state index in [0.717, 1.165) is 0 Å². The molecule has 0 saturated heterocycles. The third-order valence-corrected chi connectivity index (χ3v) is 5.34. The van der Waals surface area contributed by atoms with Crippen molar-refractivity contribution in [3.8, 4) is 0 Å². The molecule has 2 unspecified atom stereocenters. The largest absolute Gasteiger partial charge is 0.466 e. The van der Waals surface area contributed by atoms with Crippen molar-refractivity contribution in [2.24, 2.45) is 0 Å². The number of carbonyl (C=O) groups excluding carboxylic acids is 2. The zero-order chi connectivity index (χ0) is 25.5. The Morgan fingerprint density at radius 3 is 2.03 bits per heavy atom. The van der Waals surface area contributed by atoms with E-state index in [0.29, 0.717) is 11.1 Å². The van der Waals surface area contributed by atoms with E-state index in [1.807, 2.05) is 0 Å². The number of ether oxygens (including phenoxy) is 2. The Hall–Kier alpha value is -3.00. The summed E-state index contributed by atoms with van der Waals surface area (Å²) < 4.78 is 37.5. The Kier molecular flexibility index (Phi) is 9.15. The molecular formula is C26H33F2NO5. The highest BCUT2D eigenvalue weighted by Gasteiger charge is 2.36. The van der Waals surface area contributed by atoms with Gasteiger partial charge in [0.15, 0.2) is 0 Å². The molecule has 2 atom stereocenters. The quantitative estimate of drug-likeness (QED) is 0.483. The van der Waals surface area contributed by atoms with Crippen LogP contribution in [0.1, 0.15) is 64.6 Å². The highest BCUT2D eigenvalue weighted by Crippen LogP contribution is 2.32. The van der Waals surface area contributed by atoms with Crippen LogP contribution < -0.4 is 0 Å². The Morgan fingerprint density at radius 1 is 1.00 bits per heavy atom. The predicted molar refractivity (Wildman–Crippen MR) is 124 cm³/mol. The monoisotopic (exact) mass is 477 g/mol. The van der Waals surface area contributed by atoms with E-state index < -0.39 is 40.9 Å². The van der Waals surface area contributed by atoms with Gasteiger partial charge in [-0.3, -0.25) is 4.79 Å². The topological polar surface area (TPSA) is 76.1 Å². The van der Waals surface area contributed by atoms with Gasteiger partial charge in [-0.25, -0.2) is 13.6 Å². The van der Waals surface area contributed by atoms with E-state index in [4.69, 9.17) is 9.47 Å². The van der Waals surface area contributed by atoms with Crippen LogP contribution in [0.5, 0.6) is 0 Å². The third kappa shape index (κ3) is 7.80. The van der Waals surface area contributed by atoms with E-state index >= 15 is 0 Å². The first-order chi connectivity index (χ1) is 15.8. The summed E-state index contributed by atoms with van der Waals surface area (Å²) >= 11 is 0. The molecule has 6 nitrogen and oxygen atoms in total. The van der Waals surface area contributed by atoms with E-state index in [9.17, 15) is 23.5 Å². The van der Waals surface area contributed by atoms with Crippen molar-refractivity contribution in [3.05, 3.63) is 71.3 Å². The summed E-state index contributed by atoms with van der Waals surface area (Å²) in [6.45, 7) is 8.78. The number of hydrogen-bond donors (Lipinski definition) is 1. The van der Waals surface area contributed by atoms with Crippen LogP contribution in [0, 0.1) is 11.6 Å². The summed E-state index contributed by atoms with van der Waals surface area (Å²) in [5.74, 6) is -1.51. The van der Waals surface area contributed by atoms with E-state index in [2.05, 4.69) is 0 Å². The first kappa shape index (κ1) is 27.2. The molecule has 0 saturated carbocycles. The molecule has 0 aliphatic carbocycles. The van der Waals surface area contributed by atoms with Crippen molar-refractivity contribution in [1.29, 1.82) is 0 Å². The molecule has 0 aliphatic heterocycles. The Bertz CT molecular complexity index is 957. The number of esters is 1. The third-order valence-electron chi connectivity index (χ3n) is 5.34. The van der Waals surface area contributed by atoms with E-state index in [-0.39, 0.29) is 26.0 Å². The average Bonchev–Trinajstić information content (AvgIpc) is 2.73. The smallest absolute Gasteiger partial charge is 0.410 e. The molecule has 186 valence electrons. The van der Waals surface area contributed by atoms with Crippen LogP contribution in [0.3, 0.4) is 0 Å². The van der Waals surface area contributed by atoms with Gasteiger partial charge >= 0.3 is 12.1 Å². The number of hydrogen-bond acceptors (Lipinski definition) is 5. The van der Waals surface area contributed by atoms with Gasteiger partial charge < -0.3 is 19.5 Å². The van der Waals surface area contributed by atoms with Crippen molar-refractivity contribution in [2.75, 3.05) is 13.2 Å². The summed E-state index contributed by atoms with van der Waals surface area (Å²) in [6.07, 6.45) is -1.05. The van der Waals surface area contributed by atoms with Gasteiger partial charge in [0.25, 0.3) is 0 Å². The van der Waals surface area contributed by atoms with E-state index in [1.54, 1.807) is 46.8 Å². The number of carbonyl (C=O) groups is 2. The number of benzene rings is 2. The fourth-order valence-corrected chi connectivity index (χ4v) is 3.54. The molecule has 1 amide bonds. The minimum Gasteiger partial charge on any atom is -0.466 e. The normalized spacial score (nSPS) is 14.1. The number of amides is 1. The molecule has 2 rings (SSSR count). The molecule has 0 heterocycles. The van der Waals surface area contributed by atoms with Gasteiger partial charge in [-0.05, 0) is 76.4 Å². The molecular weight excluding hydrogens is 444 g/mol. The van der Waals surface area contributed by atoms with Crippen LogP contribution in [0.4, 0.5) is 13.6 Å². The highest BCUT2D eigenvalue weighted by atomic mass is 19.1. The fourth-order valence-electron chi connectivity index (χ4n) is 3.54. The van der Waals surface area contributed by atoms with Crippen LogP contribution in [0.15, 0.2) is 48.5 Å². The molecule has 1 N–H and O–H groups in total. The molecule has 0 aliphatic rings. The number of nitrogens with zero attached hydrogens (tertiary/aromatic N) is 1. The van der Waals surface area contributed by atoms with Crippen molar-refractivity contribution < 1.29 is 33.0 Å². The fraction of sp³-hybridized carbons (Fsp3) is 0.462. The molecule has 0 bridgehead atoms. The predicted octanol–water partition coefficient (Wildman–Crippen LogP) is 5.49. The lowest BCUT2D eigenvalue weighted by atomic mass is 9.86. The van der Waals surface area contributed by atoms with Crippen molar-refractivity contribution in [2.45, 2.75) is 64.7 Å². The Morgan fingerprint density at radius 2 is 1.53 bits per heavy atom. The van der Waals surface area contributed by atoms with Crippen LogP contribution >= 0.6 is 0 Å². The zero-order valence-corrected chi connectivity index (χ0v) is 20.3. The maximum Gasteiger partial charge on any atom is 0.410 e. The number of rotatable bonds is 9. The highest BCUT2D eigenvalue weighted by molar-refractivity contribution is 5.71. The van der Waals surface area contributed by atoms with Crippen LogP contribution in [-0.2, 0) is 19.9 Å².